The zero-order valence-corrected chi connectivity index (χ0v) is 21.7. The van der Waals surface area contributed by atoms with Crippen LogP contribution in [0, 0.1) is 5.92 Å². The molecule has 0 bridgehead atoms. The lowest BCUT2D eigenvalue weighted by molar-refractivity contribution is -0.134. The van der Waals surface area contributed by atoms with Gasteiger partial charge in [-0.3, -0.25) is 9.79 Å². The minimum atomic E-state index is 0. The summed E-state index contributed by atoms with van der Waals surface area (Å²) in [6, 6.07) is 8.66. The maximum atomic E-state index is 12.7. The predicted octanol–water partition coefficient (Wildman–Crippen LogP) is 4.47. The molecule has 3 aliphatic rings. The van der Waals surface area contributed by atoms with Crippen LogP contribution < -0.4 is 15.4 Å². The maximum absolute atomic E-state index is 12.7. The van der Waals surface area contributed by atoms with Crippen LogP contribution >= 0.6 is 24.0 Å². The fraction of sp³-hybridized carbons (Fsp3) is 0.680. The van der Waals surface area contributed by atoms with Crippen LogP contribution in [-0.4, -0.2) is 49.0 Å². The molecule has 0 radical (unpaired) electrons. The van der Waals surface area contributed by atoms with E-state index in [1.54, 1.807) is 7.05 Å². The van der Waals surface area contributed by atoms with Crippen LogP contribution in [0.5, 0.6) is 5.75 Å². The summed E-state index contributed by atoms with van der Waals surface area (Å²) in [5.41, 5.74) is 1.20. The molecule has 4 rings (SSSR count). The average Bonchev–Trinajstić information content (AvgIpc) is 3.50. The normalized spacial score (nSPS) is 22.5. The largest absolute Gasteiger partial charge is 0.490 e. The quantitative estimate of drug-likeness (QED) is 0.310. The number of aliphatic imine (C=N–C) groups is 1. The van der Waals surface area contributed by atoms with Gasteiger partial charge in [0.15, 0.2) is 5.96 Å². The number of hydrogen-bond donors (Lipinski definition) is 2. The molecule has 7 heteroatoms. The van der Waals surface area contributed by atoms with E-state index in [9.17, 15) is 4.79 Å². The number of nitrogens with one attached hydrogen (secondary N) is 2. The zero-order valence-electron chi connectivity index (χ0n) is 19.4. The summed E-state index contributed by atoms with van der Waals surface area (Å²) in [6.45, 7) is 2.34. The molecular weight excluding hydrogens is 515 g/mol. The van der Waals surface area contributed by atoms with E-state index >= 15 is 0 Å². The van der Waals surface area contributed by atoms with E-state index in [1.807, 2.05) is 4.90 Å². The lowest BCUT2D eigenvalue weighted by Crippen LogP contribution is -2.45. The van der Waals surface area contributed by atoms with Crippen LogP contribution in [0.1, 0.15) is 69.8 Å². The topological polar surface area (TPSA) is 66.0 Å². The molecule has 0 aromatic heterocycles. The Bertz CT molecular complexity index is 743. The Morgan fingerprint density at radius 3 is 2.41 bits per heavy atom. The minimum Gasteiger partial charge on any atom is -0.490 e. The van der Waals surface area contributed by atoms with Gasteiger partial charge in [-0.15, -0.1) is 24.0 Å². The fourth-order valence-corrected chi connectivity index (χ4v) is 5.14. The van der Waals surface area contributed by atoms with Crippen molar-refractivity contribution < 1.29 is 9.53 Å². The Hall–Kier alpha value is -1.51. The second-order valence-electron chi connectivity index (χ2n) is 9.34. The summed E-state index contributed by atoms with van der Waals surface area (Å²) < 4.78 is 6.12. The first kappa shape index (κ1) is 25.1. The van der Waals surface area contributed by atoms with Crippen LogP contribution in [0.4, 0.5) is 0 Å². The third-order valence-electron chi connectivity index (χ3n) is 7.01. The summed E-state index contributed by atoms with van der Waals surface area (Å²) in [6.07, 6.45) is 12.2. The van der Waals surface area contributed by atoms with Crippen molar-refractivity contribution >= 4 is 35.8 Å². The number of halogens is 1. The average molecular weight is 555 g/mol. The molecule has 1 aromatic carbocycles. The molecule has 2 aliphatic carbocycles. The van der Waals surface area contributed by atoms with Gasteiger partial charge in [0.2, 0.25) is 5.91 Å². The number of carbonyl (C=O) groups is 1. The Balaban J connectivity index is 0.00000289. The maximum Gasteiger partial charge on any atom is 0.225 e. The highest BCUT2D eigenvalue weighted by atomic mass is 127. The molecule has 1 saturated heterocycles. The minimum absolute atomic E-state index is 0. The van der Waals surface area contributed by atoms with Crippen LogP contribution in [0.2, 0.25) is 0 Å². The number of nitrogens with zero attached hydrogens (tertiary/aromatic N) is 2. The molecule has 2 saturated carbocycles. The third kappa shape index (κ3) is 6.99. The van der Waals surface area contributed by atoms with E-state index in [0.717, 1.165) is 44.1 Å². The van der Waals surface area contributed by atoms with Gasteiger partial charge in [0, 0.05) is 38.6 Å². The lowest BCUT2D eigenvalue weighted by atomic mass is 9.98. The summed E-state index contributed by atoms with van der Waals surface area (Å²) >= 11 is 0. The van der Waals surface area contributed by atoms with Crippen molar-refractivity contribution in [3.8, 4) is 5.75 Å². The number of likely N-dealkylation sites (tertiary alicyclic amines) is 1. The summed E-state index contributed by atoms with van der Waals surface area (Å²) in [5.74, 6) is 2.39. The van der Waals surface area contributed by atoms with Crippen molar-refractivity contribution in [1.29, 1.82) is 0 Å². The highest BCUT2D eigenvalue weighted by Gasteiger charge is 2.32. The van der Waals surface area contributed by atoms with E-state index < -0.39 is 0 Å². The number of hydrogen-bond acceptors (Lipinski definition) is 3. The second kappa shape index (κ2) is 12.7. The number of amides is 1. The first-order valence-electron chi connectivity index (χ1n) is 12.2. The van der Waals surface area contributed by atoms with Gasteiger partial charge in [0.05, 0.1) is 6.10 Å². The Morgan fingerprint density at radius 2 is 1.72 bits per heavy atom. The molecule has 1 aliphatic heterocycles. The van der Waals surface area contributed by atoms with E-state index in [1.165, 1.54) is 50.5 Å². The van der Waals surface area contributed by atoms with Crippen LogP contribution in [-0.2, 0) is 11.3 Å². The molecule has 1 amide bonds. The molecule has 1 atom stereocenters. The van der Waals surface area contributed by atoms with Crippen LogP contribution in [0.3, 0.4) is 0 Å². The van der Waals surface area contributed by atoms with Crippen LogP contribution in [0.25, 0.3) is 0 Å². The molecule has 3 fully saturated rings. The second-order valence-corrected chi connectivity index (χ2v) is 9.34. The summed E-state index contributed by atoms with van der Waals surface area (Å²) in [7, 11) is 1.80. The van der Waals surface area contributed by atoms with Gasteiger partial charge in [-0.1, -0.05) is 31.4 Å². The molecule has 1 heterocycles. The first-order valence-corrected chi connectivity index (χ1v) is 12.2. The van der Waals surface area contributed by atoms with E-state index in [0.29, 0.717) is 18.6 Å². The van der Waals surface area contributed by atoms with Crippen molar-refractivity contribution in [3.05, 3.63) is 29.8 Å². The SMILES string of the molecule is CN=C(NCc1ccc(OC2CCCCC2)cc1)NC1CCN(C(=O)C2CCCC2)C1.I. The highest BCUT2D eigenvalue weighted by molar-refractivity contribution is 14.0. The summed E-state index contributed by atoms with van der Waals surface area (Å²) in [5, 5.41) is 6.90. The van der Waals surface area contributed by atoms with Gasteiger partial charge in [0.25, 0.3) is 0 Å². The lowest BCUT2D eigenvalue weighted by Gasteiger charge is -2.23. The fourth-order valence-electron chi connectivity index (χ4n) is 5.14. The molecule has 32 heavy (non-hydrogen) atoms. The van der Waals surface area contributed by atoms with Crippen molar-refractivity contribution in [2.75, 3.05) is 20.1 Å². The Morgan fingerprint density at radius 1 is 1.03 bits per heavy atom. The monoisotopic (exact) mass is 554 g/mol. The molecule has 1 unspecified atom stereocenters. The van der Waals surface area contributed by atoms with Crippen molar-refractivity contribution in [1.82, 2.24) is 15.5 Å². The number of benzene rings is 1. The molecule has 2 N–H and O–H groups in total. The van der Waals surface area contributed by atoms with E-state index in [-0.39, 0.29) is 35.9 Å². The molecule has 0 spiro atoms. The molecule has 1 aromatic rings. The summed E-state index contributed by atoms with van der Waals surface area (Å²) in [4.78, 5) is 19.1. The van der Waals surface area contributed by atoms with E-state index in [2.05, 4.69) is 39.9 Å². The van der Waals surface area contributed by atoms with Crippen molar-refractivity contribution in [2.45, 2.75) is 82.9 Å². The van der Waals surface area contributed by atoms with Gasteiger partial charge >= 0.3 is 0 Å². The number of rotatable bonds is 6. The van der Waals surface area contributed by atoms with Crippen molar-refractivity contribution in [2.24, 2.45) is 10.9 Å². The number of guanidine groups is 1. The van der Waals surface area contributed by atoms with Gasteiger partial charge in [0.1, 0.15) is 5.75 Å². The number of ether oxygens (including phenoxy) is 1. The Kier molecular flexibility index (Phi) is 9.93. The number of carbonyl (C=O) groups excluding carboxylic acids is 1. The smallest absolute Gasteiger partial charge is 0.225 e. The molecular formula is C25H39IN4O2. The molecule has 178 valence electrons. The zero-order chi connectivity index (χ0) is 21.5. The third-order valence-corrected chi connectivity index (χ3v) is 7.01. The predicted molar refractivity (Wildman–Crippen MR) is 140 cm³/mol. The highest BCUT2D eigenvalue weighted by Crippen LogP contribution is 2.28. The molecule has 6 nitrogen and oxygen atoms in total. The van der Waals surface area contributed by atoms with Crippen molar-refractivity contribution in [3.63, 3.8) is 0 Å². The first-order chi connectivity index (χ1) is 15.2. The van der Waals surface area contributed by atoms with Gasteiger partial charge in [-0.2, -0.15) is 0 Å². The standard InChI is InChI=1S/C25H38N4O2.HI/c1-26-25(28-21-15-16-29(18-21)24(30)20-7-5-6-8-20)27-17-19-11-13-23(14-12-19)31-22-9-3-2-4-10-22;/h11-14,20-22H,2-10,15-18H2,1H3,(H2,26,27,28);1H. The Labute approximate surface area is 210 Å². The van der Waals surface area contributed by atoms with Gasteiger partial charge < -0.3 is 20.3 Å². The van der Waals surface area contributed by atoms with Gasteiger partial charge in [-0.25, -0.2) is 0 Å². The van der Waals surface area contributed by atoms with Gasteiger partial charge in [-0.05, 0) is 62.6 Å². The van der Waals surface area contributed by atoms with E-state index in [4.69, 9.17) is 4.74 Å². The van der Waals surface area contributed by atoms with Crippen LogP contribution in [0.15, 0.2) is 29.3 Å².